The van der Waals surface area contributed by atoms with E-state index in [0.717, 1.165) is 42.8 Å². The summed E-state index contributed by atoms with van der Waals surface area (Å²) < 4.78 is 70.7. The minimum Gasteiger partial charge on any atom is -0.354 e. The molecule has 1 saturated heterocycles. The van der Waals surface area contributed by atoms with Gasteiger partial charge in [0.05, 0.1) is 12.2 Å². The van der Waals surface area contributed by atoms with Gasteiger partial charge < -0.3 is 20.4 Å². The number of nitrogens with one attached hydrogen (secondary N) is 2. The van der Waals surface area contributed by atoms with Crippen LogP contribution in [-0.4, -0.2) is 65.2 Å². The summed E-state index contributed by atoms with van der Waals surface area (Å²) >= 11 is 0. The van der Waals surface area contributed by atoms with Crippen LogP contribution in [0, 0.1) is 18.6 Å². The lowest BCUT2D eigenvalue weighted by Gasteiger charge is -2.31. The zero-order valence-electron chi connectivity index (χ0n) is 25.3. The Kier molecular flexibility index (Phi) is 8.97. The molecule has 5 rings (SSSR count). The number of aromatic nitrogens is 2. The van der Waals surface area contributed by atoms with Gasteiger partial charge in [-0.15, -0.1) is 0 Å². The van der Waals surface area contributed by atoms with Crippen LogP contribution in [0.2, 0.25) is 0 Å². The number of fused-ring (bicyclic) bond motifs is 1. The number of carbonyl (C=O) groups is 2. The van der Waals surface area contributed by atoms with Crippen molar-refractivity contribution in [2.24, 2.45) is 0 Å². The van der Waals surface area contributed by atoms with Crippen LogP contribution in [0.5, 0.6) is 0 Å². The molecule has 1 atom stereocenters. The van der Waals surface area contributed by atoms with E-state index in [4.69, 9.17) is 4.98 Å². The maximum Gasteiger partial charge on any atom is 0.471 e. The third-order valence-corrected chi connectivity index (χ3v) is 8.14. The van der Waals surface area contributed by atoms with E-state index in [1.54, 1.807) is 13.0 Å². The highest BCUT2D eigenvalue weighted by atomic mass is 19.4. The molecule has 0 saturated carbocycles. The highest BCUT2D eigenvalue weighted by Gasteiger charge is 2.44. The lowest BCUT2D eigenvalue weighted by atomic mass is 9.98. The van der Waals surface area contributed by atoms with Gasteiger partial charge in [-0.05, 0) is 83.5 Å². The van der Waals surface area contributed by atoms with Crippen molar-refractivity contribution >= 4 is 35.1 Å². The van der Waals surface area contributed by atoms with E-state index in [9.17, 15) is 22.8 Å². The number of carbonyl (C=O) groups excluding carboxylic acids is 2. The molecule has 0 spiro atoms. The number of para-hydroxylation sites is 1. The van der Waals surface area contributed by atoms with Gasteiger partial charge in [0.2, 0.25) is 5.95 Å². The fraction of sp³-hybridized carbons (Fsp3) is 0.419. The second kappa shape index (κ2) is 12.6. The van der Waals surface area contributed by atoms with Crippen LogP contribution in [0.4, 0.5) is 49.9 Å². The molecule has 2 aromatic carbocycles. The van der Waals surface area contributed by atoms with Crippen LogP contribution in [0.15, 0.2) is 36.4 Å². The smallest absolute Gasteiger partial charge is 0.354 e. The third-order valence-electron chi connectivity index (χ3n) is 8.14. The second-order valence-electron chi connectivity index (χ2n) is 11.5. The van der Waals surface area contributed by atoms with Crippen LogP contribution in [0.25, 0.3) is 11.3 Å². The van der Waals surface area contributed by atoms with Crippen molar-refractivity contribution in [2.45, 2.75) is 64.8 Å². The van der Waals surface area contributed by atoms with E-state index in [2.05, 4.69) is 20.5 Å². The number of hydrogen-bond acceptors (Lipinski definition) is 6. The van der Waals surface area contributed by atoms with Gasteiger partial charge in [-0.1, -0.05) is 12.1 Å². The van der Waals surface area contributed by atoms with E-state index in [-0.39, 0.29) is 35.3 Å². The van der Waals surface area contributed by atoms with Crippen molar-refractivity contribution in [3.05, 3.63) is 59.2 Å². The molecular formula is C31H34F5N7O2. The maximum atomic E-state index is 15.0. The topological polar surface area (TPSA) is 93.7 Å². The quantitative estimate of drug-likeness (QED) is 0.284. The molecule has 3 amide bonds. The van der Waals surface area contributed by atoms with Gasteiger partial charge in [0.15, 0.2) is 5.82 Å². The SMILES string of the molecule is Cc1ccc(N(C(=O)C(F)(F)F)C(C)C)cc1-c1nc(NCCC2CCCN2C)nc2c1CNC(=O)N2c1c(F)cccc1F. The molecule has 0 aliphatic carbocycles. The molecule has 1 unspecified atom stereocenters. The van der Waals surface area contributed by atoms with Gasteiger partial charge in [-0.3, -0.25) is 4.79 Å². The molecule has 1 fully saturated rings. The summed E-state index contributed by atoms with van der Waals surface area (Å²) in [5.74, 6) is -4.02. The van der Waals surface area contributed by atoms with Crippen molar-refractivity contribution < 1.29 is 31.5 Å². The highest BCUT2D eigenvalue weighted by molar-refractivity contribution is 6.02. The molecular weight excluding hydrogens is 597 g/mol. The fourth-order valence-electron chi connectivity index (χ4n) is 5.87. The molecule has 2 aliphatic heterocycles. The van der Waals surface area contributed by atoms with Gasteiger partial charge in [0, 0.05) is 35.4 Å². The summed E-state index contributed by atoms with van der Waals surface area (Å²) in [4.78, 5) is 38.5. The van der Waals surface area contributed by atoms with Crippen LogP contribution in [-0.2, 0) is 11.3 Å². The lowest BCUT2D eigenvalue weighted by molar-refractivity contribution is -0.170. The first-order chi connectivity index (χ1) is 21.3. The molecule has 45 heavy (non-hydrogen) atoms. The van der Waals surface area contributed by atoms with Crippen LogP contribution < -0.4 is 20.4 Å². The van der Waals surface area contributed by atoms with Crippen LogP contribution in [0.1, 0.15) is 44.2 Å². The largest absolute Gasteiger partial charge is 0.471 e. The summed E-state index contributed by atoms with van der Waals surface area (Å²) in [6, 6.07) is 6.30. The molecule has 2 aliphatic rings. The average molecular weight is 632 g/mol. The van der Waals surface area contributed by atoms with E-state index in [1.165, 1.54) is 32.0 Å². The Hall–Kier alpha value is -4.33. The number of alkyl halides is 3. The molecule has 0 radical (unpaired) electrons. The van der Waals surface area contributed by atoms with Crippen LogP contribution >= 0.6 is 0 Å². The number of amides is 3. The van der Waals surface area contributed by atoms with Gasteiger partial charge in [-0.2, -0.15) is 18.2 Å². The Labute approximate surface area is 257 Å². The summed E-state index contributed by atoms with van der Waals surface area (Å²) in [7, 11) is 2.05. The first-order valence-electron chi connectivity index (χ1n) is 14.7. The first-order valence-corrected chi connectivity index (χ1v) is 14.7. The Morgan fingerprint density at radius 2 is 1.87 bits per heavy atom. The summed E-state index contributed by atoms with van der Waals surface area (Å²) in [5, 5.41) is 5.78. The van der Waals surface area contributed by atoms with Gasteiger partial charge in [-0.25, -0.2) is 23.5 Å². The number of rotatable bonds is 8. The normalized spacial score (nSPS) is 17.0. The summed E-state index contributed by atoms with van der Waals surface area (Å²) in [6.45, 7) is 5.97. The average Bonchev–Trinajstić information content (AvgIpc) is 3.38. The molecule has 1 aromatic heterocycles. The number of hydrogen-bond donors (Lipinski definition) is 2. The Morgan fingerprint density at radius 3 is 2.49 bits per heavy atom. The minimum absolute atomic E-state index is 0.0177. The minimum atomic E-state index is -5.11. The van der Waals surface area contributed by atoms with Crippen molar-refractivity contribution in [2.75, 3.05) is 35.3 Å². The van der Waals surface area contributed by atoms with Gasteiger partial charge in [0.1, 0.15) is 17.3 Å². The van der Waals surface area contributed by atoms with Crippen molar-refractivity contribution in [3.8, 4) is 11.3 Å². The molecule has 0 bridgehead atoms. The summed E-state index contributed by atoms with van der Waals surface area (Å²) in [6.07, 6.45) is -2.24. The van der Waals surface area contributed by atoms with Gasteiger partial charge >= 0.3 is 18.1 Å². The number of urea groups is 1. The monoisotopic (exact) mass is 631 g/mol. The standard InChI is InChI=1S/C31H34F5N7O2/c1-17(2)42(28(44)31(34,35)36)20-11-10-18(3)21(15-20)25-22-16-38-30(45)43(26-23(32)8-5-9-24(26)33)27(22)40-29(39-25)37-13-12-19-7-6-14-41(19)4/h5,8-11,15,17,19H,6-7,12-14,16H2,1-4H3,(H,38,45)(H,37,39,40). The zero-order valence-corrected chi connectivity index (χ0v) is 25.3. The number of benzene rings is 2. The fourth-order valence-corrected chi connectivity index (χ4v) is 5.87. The van der Waals surface area contributed by atoms with E-state index in [0.29, 0.717) is 28.6 Å². The zero-order chi connectivity index (χ0) is 32.6. The number of halogens is 5. The summed E-state index contributed by atoms with van der Waals surface area (Å²) in [5.41, 5.74) is 0.821. The Balaban J connectivity index is 1.66. The Morgan fingerprint density at radius 1 is 1.16 bits per heavy atom. The molecule has 3 aromatic rings. The van der Waals surface area contributed by atoms with Crippen molar-refractivity contribution in [1.29, 1.82) is 0 Å². The number of likely N-dealkylation sites (tertiary alicyclic amines) is 1. The maximum absolute atomic E-state index is 15.0. The number of anilines is 4. The molecule has 9 nitrogen and oxygen atoms in total. The van der Waals surface area contributed by atoms with Crippen LogP contribution in [0.3, 0.4) is 0 Å². The number of aryl methyl sites for hydroxylation is 1. The van der Waals surface area contributed by atoms with Gasteiger partial charge in [0.25, 0.3) is 0 Å². The van der Waals surface area contributed by atoms with E-state index < -0.39 is 41.5 Å². The number of nitrogens with zero attached hydrogens (tertiary/aromatic N) is 5. The molecule has 14 heteroatoms. The lowest BCUT2D eigenvalue weighted by Crippen LogP contribution is -2.45. The highest BCUT2D eigenvalue weighted by Crippen LogP contribution is 2.40. The van der Waals surface area contributed by atoms with E-state index >= 15 is 8.78 Å². The third kappa shape index (κ3) is 6.42. The molecule has 2 N–H and O–H groups in total. The van der Waals surface area contributed by atoms with Crippen molar-refractivity contribution in [3.63, 3.8) is 0 Å². The van der Waals surface area contributed by atoms with Crippen molar-refractivity contribution in [1.82, 2.24) is 20.2 Å². The Bertz CT molecular complexity index is 1590. The molecule has 240 valence electrons. The second-order valence-corrected chi connectivity index (χ2v) is 11.5. The first kappa shape index (κ1) is 32.1. The predicted octanol–water partition coefficient (Wildman–Crippen LogP) is 6.29. The predicted molar refractivity (Wildman–Crippen MR) is 160 cm³/mol. The van der Waals surface area contributed by atoms with E-state index in [1.807, 2.05) is 7.05 Å². The molecule has 3 heterocycles.